The number of hydrogen-bond donors (Lipinski definition) is 2. The zero-order valence-electron chi connectivity index (χ0n) is 14.7. The van der Waals surface area contributed by atoms with Crippen molar-refractivity contribution in [1.82, 2.24) is 15.0 Å². The summed E-state index contributed by atoms with van der Waals surface area (Å²) in [6.45, 7) is 7.22. The van der Waals surface area contributed by atoms with E-state index in [-0.39, 0.29) is 5.56 Å². The van der Waals surface area contributed by atoms with Crippen LogP contribution in [0.1, 0.15) is 26.5 Å². The van der Waals surface area contributed by atoms with Gasteiger partial charge in [0.25, 0.3) is 5.56 Å². The zero-order valence-corrected chi connectivity index (χ0v) is 15.5. The van der Waals surface area contributed by atoms with Gasteiger partial charge in [0.2, 0.25) is 0 Å². The Morgan fingerprint density at radius 1 is 1.28 bits per heavy atom. The lowest BCUT2D eigenvalue weighted by Gasteiger charge is -2.13. The fourth-order valence-corrected chi connectivity index (χ4v) is 3.36. The van der Waals surface area contributed by atoms with Gasteiger partial charge in [-0.3, -0.25) is 9.78 Å². The Kier molecular flexibility index (Phi) is 5.28. The molecule has 0 radical (unpaired) electrons. The standard InChI is InChI=1S/C19H22N4OS/c1-4-15-16(21-10-12(2)3)9-14(18(24)22-15)17-11-25-19(23-17)13-5-7-20-8-6-13/h5-9,11-12,21H,4,10H2,1-3H3,(H,22,24). The summed E-state index contributed by atoms with van der Waals surface area (Å²) in [7, 11) is 0. The van der Waals surface area contributed by atoms with Crippen molar-refractivity contribution in [2.45, 2.75) is 27.2 Å². The minimum Gasteiger partial charge on any atom is -0.383 e. The van der Waals surface area contributed by atoms with Crippen LogP contribution in [0.15, 0.2) is 40.8 Å². The summed E-state index contributed by atoms with van der Waals surface area (Å²) in [5.41, 5.74) is 4.11. The number of rotatable bonds is 6. The fraction of sp³-hybridized carbons (Fsp3) is 0.316. The number of thiazole rings is 1. The molecule has 0 unspecified atom stereocenters. The van der Waals surface area contributed by atoms with Gasteiger partial charge in [0.05, 0.1) is 16.9 Å². The van der Waals surface area contributed by atoms with E-state index in [9.17, 15) is 4.79 Å². The number of aryl methyl sites for hydroxylation is 1. The van der Waals surface area contributed by atoms with Gasteiger partial charge in [-0.05, 0) is 30.5 Å². The van der Waals surface area contributed by atoms with Crippen LogP contribution in [0.4, 0.5) is 5.69 Å². The maximum Gasteiger partial charge on any atom is 0.257 e. The molecular formula is C19H22N4OS. The average Bonchev–Trinajstić information content (AvgIpc) is 3.10. The summed E-state index contributed by atoms with van der Waals surface area (Å²) >= 11 is 1.53. The predicted molar refractivity (Wildman–Crippen MR) is 104 cm³/mol. The molecule has 2 N–H and O–H groups in total. The molecule has 0 atom stereocenters. The van der Waals surface area contributed by atoms with Crippen molar-refractivity contribution in [3.8, 4) is 21.8 Å². The number of pyridine rings is 2. The van der Waals surface area contributed by atoms with Crippen LogP contribution in [0, 0.1) is 5.92 Å². The van der Waals surface area contributed by atoms with Crippen molar-refractivity contribution >= 4 is 17.0 Å². The molecule has 0 amide bonds. The predicted octanol–water partition coefficient (Wildman–Crippen LogP) is 4.19. The maximum atomic E-state index is 12.5. The summed E-state index contributed by atoms with van der Waals surface area (Å²) < 4.78 is 0. The van der Waals surface area contributed by atoms with Crippen LogP contribution in [-0.4, -0.2) is 21.5 Å². The Balaban J connectivity index is 1.98. The van der Waals surface area contributed by atoms with Crippen molar-refractivity contribution in [2.75, 3.05) is 11.9 Å². The highest BCUT2D eigenvalue weighted by atomic mass is 32.1. The highest BCUT2D eigenvalue weighted by molar-refractivity contribution is 7.13. The van der Waals surface area contributed by atoms with Gasteiger partial charge in [-0.15, -0.1) is 11.3 Å². The van der Waals surface area contributed by atoms with E-state index in [2.05, 4.69) is 34.1 Å². The van der Waals surface area contributed by atoms with E-state index in [1.165, 1.54) is 11.3 Å². The molecule has 0 saturated heterocycles. The van der Waals surface area contributed by atoms with Crippen molar-refractivity contribution in [3.63, 3.8) is 0 Å². The molecule has 0 aliphatic rings. The first-order valence-corrected chi connectivity index (χ1v) is 9.32. The monoisotopic (exact) mass is 354 g/mol. The van der Waals surface area contributed by atoms with Gasteiger partial charge >= 0.3 is 0 Å². The second-order valence-corrected chi connectivity index (χ2v) is 7.16. The highest BCUT2D eigenvalue weighted by Crippen LogP contribution is 2.28. The molecule has 6 heteroatoms. The molecule has 0 spiro atoms. The lowest BCUT2D eigenvalue weighted by Crippen LogP contribution is -2.16. The molecule has 5 nitrogen and oxygen atoms in total. The smallest absolute Gasteiger partial charge is 0.257 e. The third kappa shape index (κ3) is 3.96. The number of H-pyrrole nitrogens is 1. The third-order valence-electron chi connectivity index (χ3n) is 3.88. The minimum atomic E-state index is -0.0986. The zero-order chi connectivity index (χ0) is 17.8. The topological polar surface area (TPSA) is 70.7 Å². The van der Waals surface area contributed by atoms with E-state index in [1.807, 2.05) is 30.5 Å². The first kappa shape index (κ1) is 17.4. The molecule has 3 rings (SSSR count). The molecule has 0 aromatic carbocycles. The van der Waals surface area contributed by atoms with Crippen LogP contribution >= 0.6 is 11.3 Å². The third-order valence-corrected chi connectivity index (χ3v) is 4.78. The Labute approximate surface area is 151 Å². The van der Waals surface area contributed by atoms with Gasteiger partial charge < -0.3 is 10.3 Å². The molecule has 0 saturated carbocycles. The molecule has 3 aromatic rings. The SMILES string of the molecule is CCc1[nH]c(=O)c(-c2csc(-c3ccncc3)n2)cc1NCC(C)C. The van der Waals surface area contributed by atoms with E-state index < -0.39 is 0 Å². The summed E-state index contributed by atoms with van der Waals surface area (Å²) in [5.74, 6) is 0.526. The molecule has 25 heavy (non-hydrogen) atoms. The van der Waals surface area contributed by atoms with E-state index in [0.717, 1.165) is 34.9 Å². The first-order valence-electron chi connectivity index (χ1n) is 8.44. The van der Waals surface area contributed by atoms with Crippen LogP contribution in [0.2, 0.25) is 0 Å². The number of aromatic amines is 1. The van der Waals surface area contributed by atoms with Gasteiger partial charge in [-0.2, -0.15) is 0 Å². The average molecular weight is 354 g/mol. The van der Waals surface area contributed by atoms with Crippen molar-refractivity contribution in [1.29, 1.82) is 0 Å². The van der Waals surface area contributed by atoms with Crippen molar-refractivity contribution in [2.24, 2.45) is 5.92 Å². The fourth-order valence-electron chi connectivity index (χ4n) is 2.53. The van der Waals surface area contributed by atoms with Crippen LogP contribution < -0.4 is 10.9 Å². The molecule has 0 bridgehead atoms. The summed E-state index contributed by atoms with van der Waals surface area (Å²) in [6.07, 6.45) is 4.26. The van der Waals surface area contributed by atoms with Gasteiger partial charge in [0, 0.05) is 35.6 Å². The van der Waals surface area contributed by atoms with Crippen LogP contribution in [0.25, 0.3) is 21.8 Å². The van der Waals surface area contributed by atoms with Gasteiger partial charge in [-0.25, -0.2) is 4.98 Å². The quantitative estimate of drug-likeness (QED) is 0.696. The summed E-state index contributed by atoms with van der Waals surface area (Å²) in [5, 5.41) is 6.25. The number of nitrogens with one attached hydrogen (secondary N) is 2. The highest BCUT2D eigenvalue weighted by Gasteiger charge is 2.13. The molecule has 0 aliphatic heterocycles. The van der Waals surface area contributed by atoms with E-state index in [0.29, 0.717) is 17.2 Å². The van der Waals surface area contributed by atoms with Crippen LogP contribution in [0.5, 0.6) is 0 Å². The second kappa shape index (κ2) is 7.61. The number of nitrogens with zero attached hydrogens (tertiary/aromatic N) is 2. The molecule has 3 aromatic heterocycles. The lowest BCUT2D eigenvalue weighted by atomic mass is 10.1. The Morgan fingerprint density at radius 3 is 2.72 bits per heavy atom. The van der Waals surface area contributed by atoms with Gasteiger partial charge in [0.1, 0.15) is 5.01 Å². The lowest BCUT2D eigenvalue weighted by molar-refractivity contribution is 0.687. The van der Waals surface area contributed by atoms with E-state index in [1.54, 1.807) is 12.4 Å². The largest absolute Gasteiger partial charge is 0.383 e. The number of anilines is 1. The number of hydrogen-bond acceptors (Lipinski definition) is 5. The molecular weight excluding hydrogens is 332 g/mol. The van der Waals surface area contributed by atoms with Gasteiger partial charge in [0.15, 0.2) is 0 Å². The van der Waals surface area contributed by atoms with Crippen LogP contribution in [-0.2, 0) is 6.42 Å². The Bertz CT molecular complexity index is 899. The van der Waals surface area contributed by atoms with Gasteiger partial charge in [-0.1, -0.05) is 20.8 Å². The number of aromatic nitrogens is 3. The summed E-state index contributed by atoms with van der Waals surface area (Å²) in [4.78, 5) is 24.2. The van der Waals surface area contributed by atoms with Crippen molar-refractivity contribution < 1.29 is 0 Å². The van der Waals surface area contributed by atoms with E-state index >= 15 is 0 Å². The van der Waals surface area contributed by atoms with Crippen LogP contribution in [0.3, 0.4) is 0 Å². The molecule has 130 valence electrons. The maximum absolute atomic E-state index is 12.5. The normalized spacial score (nSPS) is 11.0. The molecule has 0 fully saturated rings. The minimum absolute atomic E-state index is 0.0986. The first-order chi connectivity index (χ1) is 12.1. The Hall–Kier alpha value is -2.47. The summed E-state index contributed by atoms with van der Waals surface area (Å²) in [6, 6.07) is 5.76. The molecule has 0 aliphatic carbocycles. The molecule has 3 heterocycles. The second-order valence-electron chi connectivity index (χ2n) is 6.31. The van der Waals surface area contributed by atoms with Crippen molar-refractivity contribution in [3.05, 3.63) is 52.0 Å². The Morgan fingerprint density at radius 2 is 2.04 bits per heavy atom. The van der Waals surface area contributed by atoms with E-state index in [4.69, 9.17) is 0 Å².